The molecule has 0 radical (unpaired) electrons. The summed E-state index contributed by atoms with van der Waals surface area (Å²) in [5.41, 5.74) is 1.64. The molecule has 200 valence electrons. The number of hydrogen-bond donors (Lipinski definition) is 3. The summed E-state index contributed by atoms with van der Waals surface area (Å²) in [6, 6.07) is 7.45. The van der Waals surface area contributed by atoms with Crippen LogP contribution in [-0.4, -0.2) is 79.2 Å². The highest BCUT2D eigenvalue weighted by Gasteiger charge is 2.45. The lowest BCUT2D eigenvalue weighted by atomic mass is 9.93. The number of aliphatic hydroxyl groups is 1. The third kappa shape index (κ3) is 5.98. The molecule has 1 aromatic carbocycles. The normalized spacial score (nSPS) is 20.5. The molecule has 2 aliphatic heterocycles. The zero-order valence-electron chi connectivity index (χ0n) is 21.5. The number of sulfone groups is 1. The van der Waals surface area contributed by atoms with Gasteiger partial charge >= 0.3 is 0 Å². The van der Waals surface area contributed by atoms with Gasteiger partial charge in [0.05, 0.1) is 29.8 Å². The molecular formula is C26H36N6O4S. The van der Waals surface area contributed by atoms with Crippen molar-refractivity contribution >= 4 is 38.8 Å². The van der Waals surface area contributed by atoms with Gasteiger partial charge < -0.3 is 25.5 Å². The topological polar surface area (TPSA) is 128 Å². The van der Waals surface area contributed by atoms with Crippen molar-refractivity contribution in [3.05, 3.63) is 36.2 Å². The summed E-state index contributed by atoms with van der Waals surface area (Å²) in [4.78, 5) is 26.9. The van der Waals surface area contributed by atoms with Crippen molar-refractivity contribution < 1.29 is 18.3 Å². The fraction of sp³-hybridized carbons (Fsp3) is 0.577. The molecule has 0 unspecified atom stereocenters. The second kappa shape index (κ2) is 9.75. The fourth-order valence-corrected chi connectivity index (χ4v) is 6.22. The van der Waals surface area contributed by atoms with Gasteiger partial charge in [-0.1, -0.05) is 6.07 Å². The van der Waals surface area contributed by atoms with E-state index in [-0.39, 0.29) is 29.7 Å². The van der Waals surface area contributed by atoms with Crippen LogP contribution < -0.4 is 20.4 Å². The summed E-state index contributed by atoms with van der Waals surface area (Å²) >= 11 is 0. The summed E-state index contributed by atoms with van der Waals surface area (Å²) in [6.45, 7) is 6.20. The largest absolute Gasteiger partial charge is 0.394 e. The Bertz CT molecular complexity index is 1250. The highest BCUT2D eigenvalue weighted by atomic mass is 32.2. The van der Waals surface area contributed by atoms with E-state index in [1.54, 1.807) is 0 Å². The lowest BCUT2D eigenvalue weighted by molar-refractivity contribution is 0.102. The zero-order chi connectivity index (χ0) is 26.3. The molecule has 10 nitrogen and oxygen atoms in total. The second-order valence-electron chi connectivity index (χ2n) is 11.2. The minimum Gasteiger partial charge on any atom is -0.394 e. The van der Waals surface area contributed by atoms with E-state index in [9.17, 15) is 18.3 Å². The van der Waals surface area contributed by atoms with Crippen LogP contribution in [0.3, 0.4) is 0 Å². The molecule has 0 atom stereocenters. The number of carbonyl (C=O) groups excluding carboxylic acids is 1. The molecule has 2 saturated heterocycles. The van der Waals surface area contributed by atoms with Crippen molar-refractivity contribution in [3.63, 3.8) is 0 Å². The predicted octanol–water partition coefficient (Wildman–Crippen LogP) is 2.53. The number of nitrogens with one attached hydrogen (secondary N) is 2. The van der Waals surface area contributed by atoms with Crippen LogP contribution in [0.25, 0.3) is 0 Å². The van der Waals surface area contributed by atoms with Gasteiger partial charge in [0.1, 0.15) is 5.82 Å². The lowest BCUT2D eigenvalue weighted by Crippen LogP contribution is -2.40. The first-order valence-electron chi connectivity index (χ1n) is 12.9. The summed E-state index contributed by atoms with van der Waals surface area (Å²) in [7, 11) is -2.98. The van der Waals surface area contributed by atoms with E-state index in [1.807, 2.05) is 43.0 Å². The molecule has 1 spiro atoms. The Balaban J connectivity index is 1.36. The summed E-state index contributed by atoms with van der Waals surface area (Å²) in [6.07, 6.45) is 6.27. The Morgan fingerprint density at radius 3 is 2.43 bits per heavy atom. The van der Waals surface area contributed by atoms with Gasteiger partial charge in [0.25, 0.3) is 5.91 Å². The SMILES string of the molecule is CC(C)(CO)Nc1cnc(C(=O)Nc2cccc(N3CCS(=O)(=O)CC3)c2)c(N2CCC3(CC2)CC3)n1. The first-order valence-corrected chi connectivity index (χ1v) is 14.8. The Hall–Kier alpha value is -2.92. The molecule has 11 heteroatoms. The Morgan fingerprint density at radius 2 is 1.78 bits per heavy atom. The van der Waals surface area contributed by atoms with E-state index >= 15 is 0 Å². The molecule has 3 fully saturated rings. The number of rotatable bonds is 7. The van der Waals surface area contributed by atoms with Gasteiger partial charge in [-0.15, -0.1) is 0 Å². The second-order valence-corrected chi connectivity index (χ2v) is 13.5. The number of piperidine rings is 1. The molecular weight excluding hydrogens is 492 g/mol. The molecule has 0 bridgehead atoms. The average molecular weight is 529 g/mol. The zero-order valence-corrected chi connectivity index (χ0v) is 22.4. The lowest BCUT2D eigenvalue weighted by Gasteiger charge is -2.34. The van der Waals surface area contributed by atoms with E-state index in [4.69, 9.17) is 4.98 Å². The van der Waals surface area contributed by atoms with Crippen LogP contribution in [0, 0.1) is 5.41 Å². The number of anilines is 4. The van der Waals surface area contributed by atoms with Crippen molar-refractivity contribution in [2.45, 2.75) is 45.1 Å². The highest BCUT2D eigenvalue weighted by molar-refractivity contribution is 7.91. The van der Waals surface area contributed by atoms with Crippen molar-refractivity contribution in [3.8, 4) is 0 Å². The third-order valence-electron chi connectivity index (χ3n) is 7.73. The van der Waals surface area contributed by atoms with Gasteiger partial charge in [0.15, 0.2) is 21.3 Å². The van der Waals surface area contributed by atoms with Gasteiger partial charge in [-0.2, -0.15) is 0 Å². The van der Waals surface area contributed by atoms with E-state index in [2.05, 4.69) is 20.5 Å². The van der Waals surface area contributed by atoms with Crippen molar-refractivity contribution in [1.29, 1.82) is 0 Å². The molecule has 3 N–H and O–H groups in total. The Labute approximate surface area is 218 Å². The fourth-order valence-electron chi connectivity index (χ4n) is 5.02. The summed E-state index contributed by atoms with van der Waals surface area (Å²) < 4.78 is 23.6. The van der Waals surface area contributed by atoms with Crippen molar-refractivity contribution in [1.82, 2.24) is 9.97 Å². The molecule has 1 aromatic heterocycles. The van der Waals surface area contributed by atoms with Crippen LogP contribution in [-0.2, 0) is 9.84 Å². The summed E-state index contributed by atoms with van der Waals surface area (Å²) in [5, 5.41) is 15.8. The minimum atomic E-state index is -2.98. The third-order valence-corrected chi connectivity index (χ3v) is 9.33. The standard InChI is InChI=1S/C26H36N6O4S/c1-25(2,18-33)30-21-17-27-22(23(29-21)32-10-8-26(6-7-26)9-11-32)24(34)28-19-4-3-5-20(16-19)31-12-14-37(35,36)15-13-31/h3-5,16-17,33H,6-15,18H2,1-2H3,(H,28,34)(H,29,30). The quantitative estimate of drug-likeness (QED) is 0.497. The van der Waals surface area contributed by atoms with Crippen molar-refractivity contribution in [2.75, 3.05) is 64.7 Å². The number of nitrogens with zero attached hydrogens (tertiary/aromatic N) is 4. The van der Waals surface area contributed by atoms with Crippen LogP contribution in [0.1, 0.15) is 50.0 Å². The molecule has 2 aromatic rings. The van der Waals surface area contributed by atoms with Gasteiger partial charge in [-0.3, -0.25) is 4.79 Å². The van der Waals surface area contributed by atoms with E-state index in [1.165, 1.54) is 19.0 Å². The number of carbonyl (C=O) groups is 1. The number of amides is 1. The molecule has 37 heavy (non-hydrogen) atoms. The number of hydrogen-bond acceptors (Lipinski definition) is 9. The first kappa shape index (κ1) is 25.7. The van der Waals surface area contributed by atoms with Crippen LogP contribution in [0.5, 0.6) is 0 Å². The maximum Gasteiger partial charge on any atom is 0.278 e. The molecule has 3 aliphatic rings. The van der Waals surface area contributed by atoms with Crippen LogP contribution >= 0.6 is 0 Å². The van der Waals surface area contributed by atoms with Gasteiger partial charge in [0, 0.05) is 37.6 Å². The maximum atomic E-state index is 13.4. The Kier molecular flexibility index (Phi) is 6.78. The molecule has 1 amide bonds. The number of aliphatic hydroxyl groups excluding tert-OH is 1. The van der Waals surface area contributed by atoms with E-state index < -0.39 is 15.4 Å². The Morgan fingerprint density at radius 1 is 1.08 bits per heavy atom. The number of benzene rings is 1. The van der Waals surface area contributed by atoms with Gasteiger partial charge in [-0.05, 0) is 63.1 Å². The predicted molar refractivity (Wildman–Crippen MR) is 145 cm³/mol. The van der Waals surface area contributed by atoms with E-state index in [0.29, 0.717) is 35.8 Å². The minimum absolute atomic E-state index is 0.0717. The number of aromatic nitrogens is 2. The maximum absolute atomic E-state index is 13.4. The molecule has 5 rings (SSSR count). The van der Waals surface area contributed by atoms with Gasteiger partial charge in [0.2, 0.25) is 0 Å². The monoisotopic (exact) mass is 528 g/mol. The summed E-state index contributed by atoms with van der Waals surface area (Å²) in [5.74, 6) is 0.976. The molecule has 1 saturated carbocycles. The van der Waals surface area contributed by atoms with E-state index in [0.717, 1.165) is 31.6 Å². The smallest absolute Gasteiger partial charge is 0.278 e. The average Bonchev–Trinajstić information content (AvgIpc) is 3.63. The molecule has 1 aliphatic carbocycles. The molecule has 3 heterocycles. The van der Waals surface area contributed by atoms with Crippen LogP contribution in [0.15, 0.2) is 30.5 Å². The van der Waals surface area contributed by atoms with Gasteiger partial charge in [-0.25, -0.2) is 18.4 Å². The van der Waals surface area contributed by atoms with Crippen LogP contribution in [0.4, 0.5) is 23.0 Å². The first-order chi connectivity index (χ1) is 17.6. The van der Waals surface area contributed by atoms with Crippen LogP contribution in [0.2, 0.25) is 0 Å². The van der Waals surface area contributed by atoms with Crippen molar-refractivity contribution in [2.24, 2.45) is 5.41 Å². The highest BCUT2D eigenvalue weighted by Crippen LogP contribution is 2.54.